The minimum Gasteiger partial charge on any atom is -0.324 e. The highest BCUT2D eigenvalue weighted by molar-refractivity contribution is 5.82. The van der Waals surface area contributed by atoms with Gasteiger partial charge in [0.05, 0.1) is 11.8 Å². The van der Waals surface area contributed by atoms with Gasteiger partial charge in [-0.05, 0) is 30.3 Å². The van der Waals surface area contributed by atoms with Gasteiger partial charge in [0.2, 0.25) is 17.8 Å². The van der Waals surface area contributed by atoms with Crippen LogP contribution >= 0.6 is 0 Å². The third-order valence-corrected chi connectivity index (χ3v) is 4.33. The first kappa shape index (κ1) is 21.8. The number of anilines is 5. The average molecular weight is 449 g/mol. The van der Waals surface area contributed by atoms with Crippen LogP contribution in [-0.2, 0) is 6.18 Å². The van der Waals surface area contributed by atoms with E-state index in [-0.39, 0.29) is 23.4 Å². The molecule has 7 nitrogen and oxygen atoms in total. The summed E-state index contributed by atoms with van der Waals surface area (Å²) in [6.07, 6.45) is -3.42. The zero-order valence-electron chi connectivity index (χ0n) is 17.1. The molecular weight excluding hydrogens is 431 g/mol. The molecule has 0 aliphatic carbocycles. The second-order valence-electron chi connectivity index (χ2n) is 6.74. The zero-order valence-corrected chi connectivity index (χ0v) is 17.1. The van der Waals surface area contributed by atoms with E-state index in [9.17, 15) is 13.2 Å². The predicted molar refractivity (Wildman–Crippen MR) is 122 cm³/mol. The first-order valence-electron chi connectivity index (χ1n) is 9.83. The third-order valence-electron chi connectivity index (χ3n) is 4.33. The lowest BCUT2D eigenvalue weighted by molar-refractivity contribution is -0.137. The highest BCUT2D eigenvalue weighted by atomic mass is 19.4. The lowest BCUT2D eigenvalue weighted by Gasteiger charge is -2.10. The van der Waals surface area contributed by atoms with Gasteiger partial charge >= 0.3 is 6.18 Å². The maximum absolute atomic E-state index is 13.2. The van der Waals surface area contributed by atoms with E-state index in [4.69, 9.17) is 0 Å². The molecule has 4 rings (SSSR count). The maximum Gasteiger partial charge on any atom is 0.417 e. The summed E-state index contributed by atoms with van der Waals surface area (Å²) >= 11 is 0. The van der Waals surface area contributed by atoms with Crippen molar-refractivity contribution in [3.05, 3.63) is 96.1 Å². The van der Waals surface area contributed by atoms with Crippen LogP contribution in [0.15, 0.2) is 90.0 Å². The number of alkyl halides is 3. The van der Waals surface area contributed by atoms with Crippen LogP contribution in [0.25, 0.3) is 0 Å². The number of halogens is 3. The van der Waals surface area contributed by atoms with Crippen molar-refractivity contribution in [2.45, 2.75) is 6.18 Å². The molecule has 166 valence electrons. The number of nitrogens with zero attached hydrogens (tertiary/aromatic N) is 4. The molecule has 10 heteroatoms. The Balaban J connectivity index is 1.59. The van der Waals surface area contributed by atoms with Crippen LogP contribution in [-0.4, -0.2) is 21.2 Å². The van der Waals surface area contributed by atoms with E-state index in [0.717, 1.165) is 23.7 Å². The van der Waals surface area contributed by atoms with Crippen molar-refractivity contribution in [1.82, 2.24) is 15.0 Å². The number of nitrogens with one attached hydrogen (secondary N) is 3. The molecule has 1 aromatic heterocycles. The number of benzene rings is 3. The Labute approximate surface area is 187 Å². The summed E-state index contributed by atoms with van der Waals surface area (Å²) in [5.41, 5.74) is 3.22. The summed E-state index contributed by atoms with van der Waals surface area (Å²) in [5, 5.41) is 10.0. The Hall–Kier alpha value is -4.47. The minimum absolute atomic E-state index is 0.0441. The quantitative estimate of drug-likeness (QED) is 0.243. The first-order valence-corrected chi connectivity index (χ1v) is 9.83. The van der Waals surface area contributed by atoms with Gasteiger partial charge in [0.25, 0.3) is 0 Å². The van der Waals surface area contributed by atoms with Gasteiger partial charge in [-0.25, -0.2) is 5.43 Å². The van der Waals surface area contributed by atoms with Crippen LogP contribution < -0.4 is 16.1 Å². The summed E-state index contributed by atoms with van der Waals surface area (Å²) in [6.45, 7) is 0. The molecule has 0 bridgehead atoms. The van der Waals surface area contributed by atoms with E-state index in [2.05, 4.69) is 36.1 Å². The van der Waals surface area contributed by atoms with E-state index >= 15 is 0 Å². The van der Waals surface area contributed by atoms with E-state index < -0.39 is 11.7 Å². The van der Waals surface area contributed by atoms with Crippen LogP contribution in [0.1, 0.15) is 11.1 Å². The van der Waals surface area contributed by atoms with E-state index in [1.54, 1.807) is 0 Å². The Morgan fingerprint density at radius 3 is 1.67 bits per heavy atom. The van der Waals surface area contributed by atoms with Crippen molar-refractivity contribution in [2.24, 2.45) is 5.10 Å². The SMILES string of the molecule is FC(F)(F)c1ccccc1/C=N/Nc1nc(Nc2ccccc2)nc(Nc2ccccc2)n1. The van der Waals surface area contributed by atoms with Gasteiger partial charge < -0.3 is 10.6 Å². The van der Waals surface area contributed by atoms with Crippen LogP contribution in [0.5, 0.6) is 0 Å². The Morgan fingerprint density at radius 1 is 0.636 bits per heavy atom. The molecule has 33 heavy (non-hydrogen) atoms. The number of rotatable bonds is 7. The highest BCUT2D eigenvalue weighted by Gasteiger charge is 2.32. The largest absolute Gasteiger partial charge is 0.417 e. The van der Waals surface area contributed by atoms with Crippen molar-refractivity contribution >= 4 is 35.4 Å². The summed E-state index contributed by atoms with van der Waals surface area (Å²) in [7, 11) is 0. The lowest BCUT2D eigenvalue weighted by Crippen LogP contribution is -2.09. The fourth-order valence-corrected chi connectivity index (χ4v) is 2.87. The molecule has 0 amide bonds. The Bertz CT molecular complexity index is 1170. The monoisotopic (exact) mass is 449 g/mol. The van der Waals surface area contributed by atoms with Crippen LogP contribution in [0.4, 0.5) is 42.4 Å². The molecule has 3 aromatic carbocycles. The summed E-state index contributed by atoms with van der Waals surface area (Å²) in [6, 6.07) is 23.7. The topological polar surface area (TPSA) is 87.1 Å². The molecule has 0 unspecified atom stereocenters. The molecule has 4 aromatic rings. The number of hydrogen-bond acceptors (Lipinski definition) is 7. The fourth-order valence-electron chi connectivity index (χ4n) is 2.87. The molecule has 3 N–H and O–H groups in total. The normalized spacial score (nSPS) is 11.4. The molecule has 1 heterocycles. The lowest BCUT2D eigenvalue weighted by atomic mass is 10.1. The summed E-state index contributed by atoms with van der Waals surface area (Å²) < 4.78 is 39.6. The van der Waals surface area contributed by atoms with Gasteiger partial charge in [-0.1, -0.05) is 54.6 Å². The standard InChI is InChI=1S/C23H18F3N7/c24-23(25,26)19-14-8-7-9-16(19)15-27-33-22-31-20(28-17-10-3-1-4-11-17)30-21(32-22)29-18-12-5-2-6-13-18/h1-15H,(H3,28,29,30,31,32,33)/b27-15+. The van der Waals surface area contributed by atoms with Crippen LogP contribution in [0.2, 0.25) is 0 Å². The number of aromatic nitrogens is 3. The summed E-state index contributed by atoms with van der Waals surface area (Å²) in [5.74, 6) is 0.494. The predicted octanol–water partition coefficient (Wildman–Crippen LogP) is 5.82. The van der Waals surface area contributed by atoms with Gasteiger partial charge in [-0.15, -0.1) is 0 Å². The minimum atomic E-state index is -4.49. The average Bonchev–Trinajstić information content (AvgIpc) is 2.80. The van der Waals surface area contributed by atoms with Gasteiger partial charge in [0, 0.05) is 16.9 Å². The Morgan fingerprint density at radius 2 is 1.12 bits per heavy atom. The third kappa shape index (κ3) is 6.03. The van der Waals surface area contributed by atoms with Gasteiger partial charge in [0.15, 0.2) is 0 Å². The number of para-hydroxylation sites is 2. The van der Waals surface area contributed by atoms with Crippen molar-refractivity contribution in [3.63, 3.8) is 0 Å². The van der Waals surface area contributed by atoms with Crippen LogP contribution in [0.3, 0.4) is 0 Å². The molecule has 0 saturated carbocycles. The van der Waals surface area contributed by atoms with Gasteiger partial charge in [-0.3, -0.25) is 0 Å². The molecule has 0 spiro atoms. The zero-order chi connectivity index (χ0) is 23.1. The number of hydrogen-bond donors (Lipinski definition) is 3. The van der Waals surface area contributed by atoms with E-state index in [1.165, 1.54) is 18.2 Å². The van der Waals surface area contributed by atoms with Crippen molar-refractivity contribution in [2.75, 3.05) is 16.1 Å². The molecule has 0 radical (unpaired) electrons. The number of hydrazone groups is 1. The fraction of sp³-hybridized carbons (Fsp3) is 0.0435. The molecule has 0 aliphatic heterocycles. The summed E-state index contributed by atoms with van der Waals surface area (Å²) in [4.78, 5) is 12.9. The maximum atomic E-state index is 13.2. The molecule has 0 atom stereocenters. The van der Waals surface area contributed by atoms with Gasteiger partial charge in [-0.2, -0.15) is 33.2 Å². The Kier molecular flexibility index (Phi) is 6.44. The highest BCUT2D eigenvalue weighted by Crippen LogP contribution is 2.31. The van der Waals surface area contributed by atoms with Gasteiger partial charge in [0.1, 0.15) is 0 Å². The second-order valence-corrected chi connectivity index (χ2v) is 6.74. The van der Waals surface area contributed by atoms with Crippen LogP contribution in [0, 0.1) is 0 Å². The molecule has 0 fully saturated rings. The second kappa shape index (κ2) is 9.77. The molecule has 0 saturated heterocycles. The van der Waals surface area contributed by atoms with Crippen molar-refractivity contribution in [3.8, 4) is 0 Å². The smallest absolute Gasteiger partial charge is 0.324 e. The van der Waals surface area contributed by atoms with Crippen molar-refractivity contribution in [1.29, 1.82) is 0 Å². The van der Waals surface area contributed by atoms with E-state index in [1.807, 2.05) is 60.7 Å². The first-order chi connectivity index (χ1) is 16.0. The van der Waals surface area contributed by atoms with E-state index in [0.29, 0.717) is 0 Å². The molecular formula is C23H18F3N7. The van der Waals surface area contributed by atoms with Crippen molar-refractivity contribution < 1.29 is 13.2 Å². The molecule has 0 aliphatic rings.